The molecule has 4 heterocycles. The van der Waals surface area contributed by atoms with Gasteiger partial charge in [0.05, 0.1) is 6.33 Å². The average Bonchev–Trinajstić information content (AvgIpc) is 3.52. The van der Waals surface area contributed by atoms with Crippen LogP contribution in [0.1, 0.15) is 41.5 Å². The van der Waals surface area contributed by atoms with E-state index < -0.39 is 35.1 Å². The lowest BCUT2D eigenvalue weighted by atomic mass is 10.1. The van der Waals surface area contributed by atoms with Gasteiger partial charge in [0.1, 0.15) is 23.3 Å². The van der Waals surface area contributed by atoms with Crippen molar-refractivity contribution in [3.8, 4) is 0 Å². The quantitative estimate of drug-likeness (QED) is 0.247. The lowest BCUT2D eigenvalue weighted by Gasteiger charge is -2.14. The molecule has 0 aliphatic carbocycles. The van der Waals surface area contributed by atoms with Crippen molar-refractivity contribution in [2.24, 2.45) is 7.05 Å². The minimum absolute atomic E-state index is 0.00583. The fraction of sp³-hybridized carbons (Fsp3) is 0.304. The third kappa shape index (κ3) is 5.58. The SMILES string of the molecule is Cc1noc(Cn2c(=O)c3c(ncn3[C@@H](C)C(=O)N/C=C/SC(=N)c3cnc(C(F)(F)F)c(C)c3)n(C)c2=O)n1. The van der Waals surface area contributed by atoms with Gasteiger partial charge in [-0.15, -0.1) is 0 Å². The number of nitrogens with zero attached hydrogens (tertiary/aromatic N) is 7. The van der Waals surface area contributed by atoms with E-state index in [1.54, 1.807) is 6.92 Å². The number of aryl methyl sites for hydroxylation is 3. The van der Waals surface area contributed by atoms with E-state index in [-0.39, 0.29) is 39.8 Å². The van der Waals surface area contributed by atoms with Gasteiger partial charge in [-0.05, 0) is 37.8 Å². The number of rotatable bonds is 7. The average molecular weight is 578 g/mol. The van der Waals surface area contributed by atoms with Crippen LogP contribution in [0.4, 0.5) is 13.2 Å². The number of amides is 1. The molecule has 0 spiro atoms. The van der Waals surface area contributed by atoms with Crippen LogP contribution in [0.25, 0.3) is 11.2 Å². The highest BCUT2D eigenvalue weighted by Gasteiger charge is 2.34. The van der Waals surface area contributed by atoms with Gasteiger partial charge < -0.3 is 14.4 Å². The zero-order chi connectivity index (χ0) is 29.4. The molecule has 13 nitrogen and oxygen atoms in total. The number of imidazole rings is 1. The minimum Gasteiger partial charge on any atom is -0.337 e. The smallest absolute Gasteiger partial charge is 0.337 e. The topological polar surface area (TPSA) is 167 Å². The summed E-state index contributed by atoms with van der Waals surface area (Å²) in [5.74, 6) is -0.144. The van der Waals surface area contributed by atoms with Crippen LogP contribution in [0.2, 0.25) is 0 Å². The van der Waals surface area contributed by atoms with Crippen LogP contribution < -0.4 is 16.6 Å². The summed E-state index contributed by atoms with van der Waals surface area (Å²) in [6.45, 7) is 4.10. The molecule has 0 unspecified atom stereocenters. The van der Waals surface area contributed by atoms with Crippen molar-refractivity contribution in [2.45, 2.75) is 39.5 Å². The molecule has 0 radical (unpaired) electrons. The lowest BCUT2D eigenvalue weighted by molar-refractivity contribution is -0.141. The Morgan fingerprint density at radius 2 is 2.00 bits per heavy atom. The third-order valence-corrected chi connectivity index (χ3v) is 6.55. The van der Waals surface area contributed by atoms with E-state index in [9.17, 15) is 27.6 Å². The number of carbonyl (C=O) groups is 1. The molecular formula is C23H22F3N9O4S. The monoisotopic (exact) mass is 577 g/mol. The number of alkyl halides is 3. The predicted octanol–water partition coefficient (Wildman–Crippen LogP) is 2.27. The minimum atomic E-state index is -4.59. The zero-order valence-electron chi connectivity index (χ0n) is 21.5. The fourth-order valence-corrected chi connectivity index (χ4v) is 4.31. The maximum Gasteiger partial charge on any atom is 0.433 e. The molecule has 0 saturated carbocycles. The first kappa shape index (κ1) is 28.5. The highest BCUT2D eigenvalue weighted by molar-refractivity contribution is 8.16. The number of aromatic nitrogens is 7. The van der Waals surface area contributed by atoms with E-state index in [1.165, 1.54) is 54.0 Å². The van der Waals surface area contributed by atoms with Gasteiger partial charge in [0, 0.05) is 25.0 Å². The van der Waals surface area contributed by atoms with E-state index >= 15 is 0 Å². The molecule has 4 rings (SSSR count). The Labute approximate surface area is 227 Å². The van der Waals surface area contributed by atoms with Crippen molar-refractivity contribution in [3.05, 3.63) is 79.6 Å². The van der Waals surface area contributed by atoms with Gasteiger partial charge in [-0.2, -0.15) is 18.2 Å². The van der Waals surface area contributed by atoms with Crippen molar-refractivity contribution < 1.29 is 22.5 Å². The van der Waals surface area contributed by atoms with Crippen LogP contribution in [0.3, 0.4) is 0 Å². The second-order valence-corrected chi connectivity index (χ2v) is 9.53. The molecular weight excluding hydrogens is 555 g/mol. The van der Waals surface area contributed by atoms with Gasteiger partial charge in [-0.25, -0.2) is 14.3 Å². The molecule has 0 aliphatic rings. The largest absolute Gasteiger partial charge is 0.433 e. The molecule has 4 aromatic rings. The molecule has 40 heavy (non-hydrogen) atoms. The first-order valence-corrected chi connectivity index (χ1v) is 12.4. The summed E-state index contributed by atoms with van der Waals surface area (Å²) >= 11 is 0.852. The number of pyridine rings is 1. The number of thioether (sulfide) groups is 1. The Bertz CT molecular complexity index is 1770. The molecule has 4 aromatic heterocycles. The summed E-state index contributed by atoms with van der Waals surface area (Å²) < 4.78 is 47.1. The van der Waals surface area contributed by atoms with E-state index in [0.29, 0.717) is 5.82 Å². The van der Waals surface area contributed by atoms with E-state index in [2.05, 4.69) is 25.4 Å². The summed E-state index contributed by atoms with van der Waals surface area (Å²) in [6.07, 6.45) is -1.10. The van der Waals surface area contributed by atoms with E-state index in [4.69, 9.17) is 9.93 Å². The molecule has 0 saturated heterocycles. The van der Waals surface area contributed by atoms with Crippen molar-refractivity contribution in [1.29, 1.82) is 5.41 Å². The summed E-state index contributed by atoms with van der Waals surface area (Å²) in [4.78, 5) is 50.4. The van der Waals surface area contributed by atoms with Crippen molar-refractivity contribution in [2.75, 3.05) is 0 Å². The van der Waals surface area contributed by atoms with Crippen LogP contribution in [-0.2, 0) is 24.6 Å². The zero-order valence-corrected chi connectivity index (χ0v) is 22.3. The van der Waals surface area contributed by atoms with Gasteiger partial charge in [-0.3, -0.25) is 24.5 Å². The van der Waals surface area contributed by atoms with Gasteiger partial charge >= 0.3 is 11.9 Å². The van der Waals surface area contributed by atoms with E-state index in [0.717, 1.165) is 22.5 Å². The predicted molar refractivity (Wildman–Crippen MR) is 138 cm³/mol. The molecule has 0 bridgehead atoms. The number of hydrogen-bond acceptors (Lipinski definition) is 10. The first-order chi connectivity index (χ1) is 18.8. The van der Waals surface area contributed by atoms with Crippen LogP contribution in [-0.4, -0.2) is 44.8 Å². The second-order valence-electron chi connectivity index (χ2n) is 8.61. The summed E-state index contributed by atoms with van der Waals surface area (Å²) in [6, 6.07) is 0.272. The molecule has 1 atom stereocenters. The highest BCUT2D eigenvalue weighted by Crippen LogP contribution is 2.30. The normalized spacial score (nSPS) is 12.8. The molecule has 0 aromatic carbocycles. The first-order valence-electron chi connectivity index (χ1n) is 11.5. The molecule has 0 fully saturated rings. The van der Waals surface area contributed by atoms with Gasteiger partial charge in [0.15, 0.2) is 17.0 Å². The van der Waals surface area contributed by atoms with Crippen LogP contribution >= 0.6 is 11.8 Å². The summed E-state index contributed by atoms with van der Waals surface area (Å²) in [7, 11) is 1.43. The highest BCUT2D eigenvalue weighted by atomic mass is 32.2. The van der Waals surface area contributed by atoms with Crippen molar-refractivity contribution in [3.63, 3.8) is 0 Å². The van der Waals surface area contributed by atoms with Crippen LogP contribution in [0.15, 0.2) is 44.3 Å². The Hall–Kier alpha value is -4.54. The molecule has 210 valence electrons. The Kier molecular flexibility index (Phi) is 7.77. The fourth-order valence-electron chi connectivity index (χ4n) is 3.79. The van der Waals surface area contributed by atoms with Crippen molar-refractivity contribution >= 4 is 33.9 Å². The van der Waals surface area contributed by atoms with Gasteiger partial charge in [-0.1, -0.05) is 16.9 Å². The third-order valence-electron chi connectivity index (χ3n) is 5.81. The number of halogens is 3. The summed E-state index contributed by atoms with van der Waals surface area (Å²) in [5.41, 5.74) is -2.23. The molecule has 17 heteroatoms. The Morgan fingerprint density at radius 3 is 2.62 bits per heavy atom. The van der Waals surface area contributed by atoms with Crippen LogP contribution in [0, 0.1) is 19.3 Å². The summed E-state index contributed by atoms with van der Waals surface area (Å²) in [5, 5.41) is 15.5. The number of fused-ring (bicyclic) bond motifs is 1. The molecule has 1 amide bonds. The standard InChI is InChI=1S/C23H22F3N9O4S/c1-11-7-14(8-29-17(11)23(24,25)26)18(27)40-6-5-28-20(36)12(2)35-10-30-19-16(35)21(37)34(22(38)33(19)4)9-15-31-13(3)32-39-15/h5-8,10,12,27H,9H2,1-4H3,(H,28,36)/b6-5+,27-18?/t12-/m0/s1. The lowest BCUT2D eigenvalue weighted by Crippen LogP contribution is -2.40. The van der Waals surface area contributed by atoms with Crippen molar-refractivity contribution in [1.82, 2.24) is 39.1 Å². The number of hydrogen-bond donors (Lipinski definition) is 2. The maximum absolute atomic E-state index is 13.3. The molecule has 0 aliphatic heterocycles. The maximum atomic E-state index is 13.3. The second kappa shape index (κ2) is 10.9. The Balaban J connectivity index is 1.48. The van der Waals surface area contributed by atoms with Crippen LogP contribution in [0.5, 0.6) is 0 Å². The van der Waals surface area contributed by atoms with Gasteiger partial charge in [0.2, 0.25) is 11.8 Å². The Morgan fingerprint density at radius 1 is 1.27 bits per heavy atom. The number of nitrogens with one attached hydrogen (secondary N) is 2. The number of carbonyl (C=O) groups excluding carboxylic acids is 1. The van der Waals surface area contributed by atoms with Gasteiger partial charge in [0.25, 0.3) is 5.56 Å². The molecule has 2 N–H and O–H groups in total. The van der Waals surface area contributed by atoms with E-state index in [1.807, 2.05) is 0 Å².